The summed E-state index contributed by atoms with van der Waals surface area (Å²) in [5.74, 6) is 0.220. The van der Waals surface area contributed by atoms with Crippen molar-refractivity contribution in [2.24, 2.45) is 5.92 Å². The van der Waals surface area contributed by atoms with Crippen molar-refractivity contribution >= 4 is 38.6 Å². The fraction of sp³-hybridized carbons (Fsp3) is 0.227. The van der Waals surface area contributed by atoms with Gasteiger partial charge in [-0.25, -0.2) is 13.2 Å². The van der Waals surface area contributed by atoms with Gasteiger partial charge < -0.3 is 10.6 Å². The summed E-state index contributed by atoms with van der Waals surface area (Å²) >= 11 is 1.44. The number of thiophene rings is 1. The minimum absolute atomic E-state index is 0.0353. The lowest BCUT2D eigenvalue weighted by atomic mass is 10.1. The van der Waals surface area contributed by atoms with E-state index in [0.717, 1.165) is 30.5 Å². The first-order valence-electron chi connectivity index (χ1n) is 9.76. The molecule has 0 bridgehead atoms. The summed E-state index contributed by atoms with van der Waals surface area (Å²) in [6.45, 7) is 0. The third kappa shape index (κ3) is 5.31. The van der Waals surface area contributed by atoms with Gasteiger partial charge in [-0.2, -0.15) is 24.5 Å². The van der Waals surface area contributed by atoms with E-state index in [0.29, 0.717) is 5.56 Å². The molecule has 2 N–H and O–H groups in total. The number of sulfone groups is 1. The van der Waals surface area contributed by atoms with E-state index in [1.54, 1.807) is 6.07 Å². The van der Waals surface area contributed by atoms with Crippen molar-refractivity contribution in [2.45, 2.75) is 23.9 Å². The maximum atomic E-state index is 12.9. The molecule has 0 radical (unpaired) electrons. The van der Waals surface area contributed by atoms with Crippen molar-refractivity contribution in [2.75, 3.05) is 16.4 Å². The van der Waals surface area contributed by atoms with E-state index in [4.69, 9.17) is 0 Å². The van der Waals surface area contributed by atoms with Crippen LogP contribution in [0.25, 0.3) is 11.1 Å². The zero-order chi connectivity index (χ0) is 22.9. The second-order valence-corrected chi connectivity index (χ2v) is 10.4. The lowest BCUT2D eigenvalue weighted by molar-refractivity contribution is -0.137. The van der Waals surface area contributed by atoms with Crippen LogP contribution in [0.2, 0.25) is 0 Å². The van der Waals surface area contributed by atoms with Crippen molar-refractivity contribution < 1.29 is 26.4 Å². The zero-order valence-corrected chi connectivity index (χ0v) is 18.3. The van der Waals surface area contributed by atoms with Gasteiger partial charge in [0.1, 0.15) is 0 Å². The molecule has 3 aromatic rings. The van der Waals surface area contributed by atoms with Crippen LogP contribution in [0.3, 0.4) is 0 Å². The molecule has 168 valence electrons. The summed E-state index contributed by atoms with van der Waals surface area (Å²) in [6, 6.07) is 9.86. The predicted octanol–water partition coefficient (Wildman–Crippen LogP) is 6.26. The number of nitrogens with one attached hydrogen (secondary N) is 2. The van der Waals surface area contributed by atoms with E-state index in [2.05, 4.69) is 10.6 Å². The first kappa shape index (κ1) is 22.3. The van der Waals surface area contributed by atoms with Gasteiger partial charge in [0.15, 0.2) is 9.84 Å². The van der Waals surface area contributed by atoms with Crippen molar-refractivity contribution in [3.05, 3.63) is 64.9 Å². The van der Waals surface area contributed by atoms with Gasteiger partial charge in [-0.05, 0) is 71.5 Å². The van der Waals surface area contributed by atoms with E-state index in [1.165, 1.54) is 35.6 Å². The minimum atomic E-state index is -4.54. The van der Waals surface area contributed by atoms with Crippen LogP contribution in [0.5, 0.6) is 0 Å². The molecule has 1 heterocycles. The van der Waals surface area contributed by atoms with Crippen LogP contribution in [0.15, 0.2) is 64.2 Å². The molecule has 1 fully saturated rings. The summed E-state index contributed by atoms with van der Waals surface area (Å²) in [5, 5.41) is 8.67. The molecule has 0 saturated heterocycles. The molecule has 0 unspecified atom stereocenters. The first-order valence-corrected chi connectivity index (χ1v) is 12.4. The number of hydrogen-bond acceptors (Lipinski definition) is 4. The van der Waals surface area contributed by atoms with Crippen molar-refractivity contribution in [3.63, 3.8) is 0 Å². The highest BCUT2D eigenvalue weighted by molar-refractivity contribution is 7.91. The Morgan fingerprint density at radius 1 is 1.06 bits per heavy atom. The number of halogens is 3. The number of urea groups is 1. The maximum Gasteiger partial charge on any atom is 0.416 e. The second kappa shape index (κ2) is 8.59. The molecular weight excluding hydrogens is 461 g/mol. The standard InChI is InChI=1S/C22H19F3N2O3S2/c23-22(24,25)16-2-1-3-17(10-16)26-21(28)27-20-11-18(32(29,30)13-14-4-5-14)6-7-19(20)15-8-9-31-12-15/h1-3,6-12,14H,4-5,13H2,(H2,26,27,28). The van der Waals surface area contributed by atoms with Crippen LogP contribution in [-0.2, 0) is 16.0 Å². The number of carbonyl (C=O) groups is 1. The summed E-state index contributed by atoms with van der Waals surface area (Å²) in [5.41, 5.74) is 0.727. The molecule has 2 amide bonds. The lowest BCUT2D eigenvalue weighted by Crippen LogP contribution is -2.20. The van der Waals surface area contributed by atoms with Crippen LogP contribution < -0.4 is 10.6 Å². The Kier molecular flexibility index (Phi) is 6.00. The number of anilines is 2. The smallest absolute Gasteiger partial charge is 0.308 e. The predicted molar refractivity (Wildman–Crippen MR) is 119 cm³/mol. The third-order valence-corrected chi connectivity index (χ3v) is 7.60. The molecule has 32 heavy (non-hydrogen) atoms. The fourth-order valence-electron chi connectivity index (χ4n) is 3.24. The van der Waals surface area contributed by atoms with E-state index in [-0.39, 0.29) is 27.9 Å². The van der Waals surface area contributed by atoms with Crippen molar-refractivity contribution in [1.82, 2.24) is 0 Å². The Hall–Kier alpha value is -2.85. The van der Waals surface area contributed by atoms with E-state index < -0.39 is 27.6 Å². The highest BCUT2D eigenvalue weighted by Crippen LogP contribution is 2.36. The van der Waals surface area contributed by atoms with Crippen LogP contribution in [0.4, 0.5) is 29.3 Å². The molecular formula is C22H19F3N2O3S2. The quantitative estimate of drug-likeness (QED) is 0.437. The molecule has 2 aromatic carbocycles. The molecule has 0 atom stereocenters. The highest BCUT2D eigenvalue weighted by atomic mass is 32.2. The zero-order valence-electron chi connectivity index (χ0n) is 16.6. The Balaban J connectivity index is 1.61. The second-order valence-electron chi connectivity index (χ2n) is 7.60. The average molecular weight is 481 g/mol. The number of benzene rings is 2. The van der Waals surface area contributed by atoms with Gasteiger partial charge in [-0.1, -0.05) is 12.1 Å². The SMILES string of the molecule is O=C(Nc1cccc(C(F)(F)F)c1)Nc1cc(S(=O)(=O)CC2CC2)ccc1-c1ccsc1. The van der Waals surface area contributed by atoms with Crippen LogP contribution in [0, 0.1) is 5.92 Å². The molecule has 1 aromatic heterocycles. The van der Waals surface area contributed by atoms with Crippen molar-refractivity contribution in [3.8, 4) is 11.1 Å². The van der Waals surface area contributed by atoms with Gasteiger partial charge in [0.25, 0.3) is 0 Å². The molecule has 10 heteroatoms. The molecule has 4 rings (SSSR count). The molecule has 0 spiro atoms. The van der Waals surface area contributed by atoms with Gasteiger partial charge in [-0.3, -0.25) is 0 Å². The maximum absolute atomic E-state index is 12.9. The van der Waals surface area contributed by atoms with E-state index in [9.17, 15) is 26.4 Å². The molecule has 1 saturated carbocycles. The molecule has 0 aliphatic heterocycles. The largest absolute Gasteiger partial charge is 0.416 e. The summed E-state index contributed by atoms with van der Waals surface area (Å²) in [7, 11) is -3.52. The van der Waals surface area contributed by atoms with E-state index >= 15 is 0 Å². The normalized spacial score (nSPS) is 14.2. The van der Waals surface area contributed by atoms with Gasteiger partial charge in [0.2, 0.25) is 0 Å². The first-order chi connectivity index (χ1) is 15.1. The summed E-state index contributed by atoms with van der Waals surface area (Å²) < 4.78 is 64.2. The number of hydrogen-bond donors (Lipinski definition) is 2. The Bertz CT molecular complexity index is 1240. The average Bonchev–Trinajstić information content (AvgIpc) is 3.35. The Labute approximate surface area is 187 Å². The number of rotatable bonds is 6. The Morgan fingerprint density at radius 3 is 2.50 bits per heavy atom. The van der Waals surface area contributed by atoms with Crippen LogP contribution >= 0.6 is 11.3 Å². The molecule has 5 nitrogen and oxygen atoms in total. The van der Waals surface area contributed by atoms with E-state index in [1.807, 2.05) is 16.8 Å². The molecule has 1 aliphatic carbocycles. The highest BCUT2D eigenvalue weighted by Gasteiger charge is 2.31. The van der Waals surface area contributed by atoms with Gasteiger partial charge in [0.05, 0.1) is 21.9 Å². The topological polar surface area (TPSA) is 75.3 Å². The van der Waals surface area contributed by atoms with Gasteiger partial charge in [0, 0.05) is 11.3 Å². The van der Waals surface area contributed by atoms with Gasteiger partial charge >= 0.3 is 12.2 Å². The number of alkyl halides is 3. The minimum Gasteiger partial charge on any atom is -0.308 e. The van der Waals surface area contributed by atoms with Crippen molar-refractivity contribution in [1.29, 1.82) is 0 Å². The van der Waals surface area contributed by atoms with Crippen LogP contribution in [0.1, 0.15) is 18.4 Å². The summed E-state index contributed by atoms with van der Waals surface area (Å²) in [4.78, 5) is 12.7. The number of carbonyl (C=O) groups excluding carboxylic acids is 1. The molecule has 1 aliphatic rings. The number of amides is 2. The van der Waals surface area contributed by atoms with Crippen LogP contribution in [-0.4, -0.2) is 20.2 Å². The van der Waals surface area contributed by atoms with Gasteiger partial charge in [-0.15, -0.1) is 0 Å². The fourth-order valence-corrected chi connectivity index (χ4v) is 5.61. The Morgan fingerprint density at radius 2 is 1.84 bits per heavy atom. The third-order valence-electron chi connectivity index (χ3n) is 5.03. The monoisotopic (exact) mass is 480 g/mol. The summed E-state index contributed by atoms with van der Waals surface area (Å²) in [6.07, 6.45) is -2.77. The lowest BCUT2D eigenvalue weighted by Gasteiger charge is -2.14.